The van der Waals surface area contributed by atoms with Gasteiger partial charge >= 0.3 is 6.16 Å². The third-order valence-corrected chi connectivity index (χ3v) is 8.07. The van der Waals surface area contributed by atoms with Crippen LogP contribution in [0, 0.1) is 20.2 Å². The monoisotopic (exact) mass is 612 g/mol. The van der Waals surface area contributed by atoms with Gasteiger partial charge in [0.15, 0.2) is 0 Å². The maximum atomic E-state index is 13.2. The van der Waals surface area contributed by atoms with Gasteiger partial charge in [0.2, 0.25) is 0 Å². The van der Waals surface area contributed by atoms with E-state index in [1.165, 1.54) is 88.5 Å². The summed E-state index contributed by atoms with van der Waals surface area (Å²) in [5.74, 6) is 0. The third kappa shape index (κ3) is 14.8. The van der Waals surface area contributed by atoms with Gasteiger partial charge in [-0.05, 0) is 61.1 Å². The molecule has 2 rings (SSSR count). The number of benzene rings is 2. The van der Waals surface area contributed by atoms with Crippen molar-refractivity contribution in [2.24, 2.45) is 0 Å². The van der Waals surface area contributed by atoms with Gasteiger partial charge in [0, 0.05) is 24.3 Å². The molecule has 0 aliphatic heterocycles. The molecule has 44 heavy (non-hydrogen) atoms. The number of nitro benzene ring substituents is 2. The molecule has 0 aromatic heterocycles. The van der Waals surface area contributed by atoms with E-state index in [-0.39, 0.29) is 11.4 Å². The second-order valence-corrected chi connectivity index (χ2v) is 11.7. The number of non-ortho nitro benzene ring substituents is 2. The van der Waals surface area contributed by atoms with Crippen LogP contribution in [0.25, 0.3) is 0 Å². The Bertz CT molecular complexity index is 1000. The molecule has 2 aromatic carbocycles. The van der Waals surface area contributed by atoms with Crippen molar-refractivity contribution in [2.45, 2.75) is 142 Å². The molecule has 0 aliphatic rings. The summed E-state index contributed by atoms with van der Waals surface area (Å²) in [6.45, 7) is 4.40. The van der Waals surface area contributed by atoms with Crippen LogP contribution < -0.4 is 0 Å². The first kappa shape index (κ1) is 36.7. The topological polar surface area (TPSA) is 122 Å². The van der Waals surface area contributed by atoms with Gasteiger partial charge in [-0.15, -0.1) is 0 Å². The summed E-state index contributed by atoms with van der Waals surface area (Å²) in [7, 11) is 0. The predicted molar refractivity (Wildman–Crippen MR) is 174 cm³/mol. The van der Waals surface area contributed by atoms with Crippen molar-refractivity contribution in [2.75, 3.05) is 0 Å². The number of nitrogens with zero attached hydrogens (tertiary/aromatic N) is 2. The first-order valence-corrected chi connectivity index (χ1v) is 16.7. The molecule has 0 spiro atoms. The Morgan fingerprint density at radius 1 is 0.545 bits per heavy atom. The van der Waals surface area contributed by atoms with Crippen molar-refractivity contribution in [3.05, 3.63) is 79.9 Å². The summed E-state index contributed by atoms with van der Waals surface area (Å²) in [6.07, 6.45) is 17.4. The number of nitro groups is 2. The molecule has 2 atom stereocenters. The van der Waals surface area contributed by atoms with Crippen LogP contribution in [0.5, 0.6) is 0 Å². The van der Waals surface area contributed by atoms with E-state index in [1.54, 1.807) is 24.3 Å². The number of carbonyl (C=O) groups excluding carboxylic acids is 1. The first-order valence-electron chi connectivity index (χ1n) is 16.7. The van der Waals surface area contributed by atoms with Crippen molar-refractivity contribution in [1.29, 1.82) is 0 Å². The lowest BCUT2D eigenvalue weighted by Gasteiger charge is -2.22. The Balaban J connectivity index is 2.04. The van der Waals surface area contributed by atoms with Crippen molar-refractivity contribution < 1.29 is 24.1 Å². The minimum atomic E-state index is -0.809. The van der Waals surface area contributed by atoms with E-state index in [4.69, 9.17) is 9.47 Å². The fraction of sp³-hybridized carbons (Fsp3) is 0.629. The van der Waals surface area contributed by atoms with Crippen LogP contribution in [-0.2, 0) is 9.47 Å². The molecule has 0 radical (unpaired) electrons. The van der Waals surface area contributed by atoms with Crippen LogP contribution in [-0.4, -0.2) is 16.0 Å². The van der Waals surface area contributed by atoms with Crippen LogP contribution >= 0.6 is 0 Å². The normalized spacial score (nSPS) is 12.4. The smallest absolute Gasteiger partial charge is 0.426 e. The fourth-order valence-electron chi connectivity index (χ4n) is 5.40. The molecular formula is C35H52N2O7. The summed E-state index contributed by atoms with van der Waals surface area (Å²) < 4.78 is 11.7. The number of hydrogen-bond acceptors (Lipinski definition) is 7. The highest BCUT2D eigenvalue weighted by molar-refractivity contribution is 5.61. The zero-order valence-corrected chi connectivity index (χ0v) is 26.8. The first-order chi connectivity index (χ1) is 21.3. The van der Waals surface area contributed by atoms with Crippen molar-refractivity contribution in [3.63, 3.8) is 0 Å². The predicted octanol–water partition coefficient (Wildman–Crippen LogP) is 11.5. The number of rotatable bonds is 24. The van der Waals surface area contributed by atoms with E-state index in [0.29, 0.717) is 24.0 Å². The van der Waals surface area contributed by atoms with Gasteiger partial charge in [-0.3, -0.25) is 20.2 Å². The number of hydrogen-bond donors (Lipinski definition) is 0. The highest BCUT2D eigenvalue weighted by Gasteiger charge is 2.23. The molecule has 0 fully saturated rings. The highest BCUT2D eigenvalue weighted by atomic mass is 16.7. The molecule has 9 heteroatoms. The summed E-state index contributed by atoms with van der Waals surface area (Å²) in [6, 6.07) is 12.2. The van der Waals surface area contributed by atoms with Gasteiger partial charge < -0.3 is 9.47 Å². The van der Waals surface area contributed by atoms with E-state index >= 15 is 0 Å². The molecule has 0 aliphatic carbocycles. The largest absolute Gasteiger partial charge is 0.509 e. The van der Waals surface area contributed by atoms with Crippen LogP contribution in [0.3, 0.4) is 0 Å². The lowest BCUT2D eigenvalue weighted by molar-refractivity contribution is -0.385. The molecule has 244 valence electrons. The van der Waals surface area contributed by atoms with Crippen LogP contribution in [0.1, 0.15) is 153 Å². The molecular weight excluding hydrogens is 560 g/mol. The lowest BCUT2D eigenvalue weighted by atomic mass is 10.0. The average molecular weight is 613 g/mol. The second kappa shape index (κ2) is 22.1. The Kier molecular flexibility index (Phi) is 18.4. The van der Waals surface area contributed by atoms with E-state index in [2.05, 4.69) is 13.8 Å². The molecule has 9 nitrogen and oxygen atoms in total. The molecule has 2 aromatic rings. The van der Waals surface area contributed by atoms with Gasteiger partial charge in [0.1, 0.15) is 12.2 Å². The van der Waals surface area contributed by atoms with Gasteiger partial charge in [-0.2, -0.15) is 0 Å². The maximum Gasteiger partial charge on any atom is 0.509 e. The average Bonchev–Trinajstić information content (AvgIpc) is 3.02. The lowest BCUT2D eigenvalue weighted by Crippen LogP contribution is -2.17. The molecule has 0 amide bonds. The highest BCUT2D eigenvalue weighted by Crippen LogP contribution is 2.31. The Morgan fingerprint density at radius 2 is 0.841 bits per heavy atom. The van der Waals surface area contributed by atoms with E-state index in [1.807, 2.05) is 0 Å². The van der Waals surface area contributed by atoms with Gasteiger partial charge in [-0.1, -0.05) is 104 Å². The Morgan fingerprint density at radius 3 is 1.14 bits per heavy atom. The van der Waals surface area contributed by atoms with Crippen molar-refractivity contribution >= 4 is 17.5 Å². The zero-order chi connectivity index (χ0) is 32.0. The molecule has 0 bridgehead atoms. The standard InChI is InChI=1S/C35H52N2O7/c1-3-5-7-9-11-13-15-17-19-33(29-21-25-31(26-22-29)36(39)40)43-35(38)44-34(20-18-16-14-12-10-8-6-4-2)30-23-27-32(28-24-30)37(41)42/h21-28,33-34H,3-20H2,1-2H3. The van der Waals surface area contributed by atoms with E-state index < -0.39 is 28.2 Å². The fourth-order valence-corrected chi connectivity index (χ4v) is 5.40. The molecule has 0 saturated carbocycles. The third-order valence-electron chi connectivity index (χ3n) is 8.07. The van der Waals surface area contributed by atoms with Crippen molar-refractivity contribution in [1.82, 2.24) is 0 Å². The minimum Gasteiger partial charge on any atom is -0.426 e. The number of unbranched alkanes of at least 4 members (excludes halogenated alkanes) is 14. The van der Waals surface area contributed by atoms with Gasteiger partial charge in [-0.25, -0.2) is 4.79 Å². The molecule has 2 unspecified atom stereocenters. The quantitative estimate of drug-likeness (QED) is 0.0500. The summed E-state index contributed by atoms with van der Waals surface area (Å²) in [5, 5.41) is 22.3. The SMILES string of the molecule is CCCCCCCCCCC(OC(=O)OC(CCCCCCCCCC)c1ccc([N+](=O)[O-])cc1)c1ccc([N+](=O)[O-])cc1. The molecule has 0 heterocycles. The summed E-state index contributed by atoms with van der Waals surface area (Å²) in [4.78, 5) is 34.6. The number of ether oxygens (including phenoxy) is 2. The van der Waals surface area contributed by atoms with Crippen LogP contribution in [0.2, 0.25) is 0 Å². The Labute approximate surface area is 263 Å². The Hall–Kier alpha value is -3.49. The molecule has 0 saturated heterocycles. The second-order valence-electron chi connectivity index (χ2n) is 11.7. The van der Waals surface area contributed by atoms with E-state index in [0.717, 1.165) is 38.5 Å². The zero-order valence-electron chi connectivity index (χ0n) is 26.8. The summed E-state index contributed by atoms with van der Waals surface area (Å²) in [5.41, 5.74) is 1.33. The number of carbonyl (C=O) groups is 1. The molecule has 0 N–H and O–H groups in total. The summed E-state index contributed by atoms with van der Waals surface area (Å²) >= 11 is 0. The van der Waals surface area contributed by atoms with Crippen molar-refractivity contribution in [3.8, 4) is 0 Å². The van der Waals surface area contributed by atoms with Crippen LogP contribution in [0.15, 0.2) is 48.5 Å². The minimum absolute atomic E-state index is 0.0224. The van der Waals surface area contributed by atoms with Gasteiger partial charge in [0.25, 0.3) is 11.4 Å². The van der Waals surface area contributed by atoms with Gasteiger partial charge in [0.05, 0.1) is 9.85 Å². The van der Waals surface area contributed by atoms with Crippen LogP contribution in [0.4, 0.5) is 16.2 Å². The van der Waals surface area contributed by atoms with E-state index in [9.17, 15) is 25.0 Å². The maximum absolute atomic E-state index is 13.2.